The molecule has 0 saturated heterocycles. The molecule has 0 saturated carbocycles. The molecule has 7 heavy (non-hydrogen) atoms. The molecule has 0 N–H and O–H groups in total. The van der Waals surface area contributed by atoms with Crippen LogP contribution >= 0.6 is 0 Å². The lowest BCUT2D eigenvalue weighted by Gasteiger charge is -1.85. The molecule has 0 amide bonds. The molecule has 0 aliphatic heterocycles. The van der Waals surface area contributed by atoms with Gasteiger partial charge in [-0.25, -0.2) is 0 Å². The van der Waals surface area contributed by atoms with E-state index >= 15 is 0 Å². The Morgan fingerprint density at radius 2 is 2.14 bits per heavy atom. The number of nitrogens with zero attached hydrogens (tertiary/aromatic N) is 2. The van der Waals surface area contributed by atoms with Crippen molar-refractivity contribution in [3.05, 3.63) is 0 Å². The number of hydrogen-bond acceptors (Lipinski definition) is 2. The monoisotopic (exact) mass is 98.1 g/mol. The predicted octanol–water partition coefficient (Wildman–Crippen LogP) is 1.33. The fraction of sp³-hybridized carbons (Fsp3) is 0.600. The van der Waals surface area contributed by atoms with Crippen molar-refractivity contribution >= 4 is 12.9 Å². The minimum Gasteiger partial charge on any atom is -0.167 e. The van der Waals surface area contributed by atoms with E-state index in [1.165, 1.54) is 0 Å². The number of rotatable bonds is 2. The zero-order valence-electron chi connectivity index (χ0n) is 4.76. The van der Waals surface area contributed by atoms with Crippen molar-refractivity contribution in [1.29, 1.82) is 0 Å². The molecule has 40 valence electrons. The molecule has 0 radical (unpaired) electrons. The molecule has 0 aromatic rings. The number of hydrogen-bond donors (Lipinski definition) is 0. The summed E-state index contributed by atoms with van der Waals surface area (Å²) in [6.07, 6.45) is 1.74. The van der Waals surface area contributed by atoms with Gasteiger partial charge >= 0.3 is 0 Å². The Hall–Kier alpha value is -0.660. The topological polar surface area (TPSA) is 24.7 Å². The molecule has 0 fully saturated rings. The standard InChI is InChI=1S/C5H10N2/c1-5(2)4-7-6-3/h4-5H,3H2,1-2H3/b7-4-. The van der Waals surface area contributed by atoms with Gasteiger partial charge in [-0.05, 0) is 5.92 Å². The Labute approximate surface area is 44.0 Å². The molecule has 0 bridgehead atoms. The Morgan fingerprint density at radius 3 is 2.29 bits per heavy atom. The van der Waals surface area contributed by atoms with Crippen LogP contribution in [0.1, 0.15) is 13.8 Å². The van der Waals surface area contributed by atoms with Gasteiger partial charge in [0.05, 0.1) is 0 Å². The predicted molar refractivity (Wildman–Crippen MR) is 32.9 cm³/mol. The minimum atomic E-state index is 0.477. The second-order valence-electron chi connectivity index (χ2n) is 1.65. The van der Waals surface area contributed by atoms with E-state index in [-0.39, 0.29) is 0 Å². The second kappa shape index (κ2) is 3.53. The molecule has 2 nitrogen and oxygen atoms in total. The van der Waals surface area contributed by atoms with Crippen LogP contribution < -0.4 is 0 Å². The quantitative estimate of drug-likeness (QED) is 0.367. The summed E-state index contributed by atoms with van der Waals surface area (Å²) in [5, 5.41) is 6.86. The molecule has 0 aliphatic rings. The molecule has 0 heterocycles. The van der Waals surface area contributed by atoms with E-state index in [1.54, 1.807) is 6.21 Å². The van der Waals surface area contributed by atoms with Gasteiger partial charge in [0, 0.05) is 12.9 Å². The Bertz CT molecular complexity index is 74.1. The second-order valence-corrected chi connectivity index (χ2v) is 1.65. The van der Waals surface area contributed by atoms with Gasteiger partial charge in [-0.15, -0.1) is 0 Å². The van der Waals surface area contributed by atoms with Crippen molar-refractivity contribution in [2.75, 3.05) is 0 Å². The molecule has 0 rings (SSSR count). The molecule has 0 unspecified atom stereocenters. The lowest BCUT2D eigenvalue weighted by molar-refractivity contribution is 0.900. The van der Waals surface area contributed by atoms with Crippen molar-refractivity contribution in [2.45, 2.75) is 13.8 Å². The summed E-state index contributed by atoms with van der Waals surface area (Å²) < 4.78 is 0. The van der Waals surface area contributed by atoms with Crippen LogP contribution in [0.25, 0.3) is 0 Å². The first-order valence-electron chi connectivity index (χ1n) is 2.26. The maximum absolute atomic E-state index is 3.56. The lowest BCUT2D eigenvalue weighted by atomic mass is 10.3. The highest BCUT2D eigenvalue weighted by Gasteiger charge is 1.79. The first-order chi connectivity index (χ1) is 3.27. The molecule has 0 aromatic carbocycles. The molecular weight excluding hydrogens is 88.1 g/mol. The highest BCUT2D eigenvalue weighted by atomic mass is 15.2. The maximum atomic E-state index is 3.56. The smallest absolute Gasteiger partial charge is 0.0295 e. The van der Waals surface area contributed by atoms with E-state index in [0.29, 0.717) is 5.92 Å². The molecular formula is C5H10N2. The van der Waals surface area contributed by atoms with Crippen molar-refractivity contribution in [1.82, 2.24) is 0 Å². The minimum absolute atomic E-state index is 0.477. The van der Waals surface area contributed by atoms with Gasteiger partial charge in [0.15, 0.2) is 0 Å². The summed E-state index contributed by atoms with van der Waals surface area (Å²) >= 11 is 0. The summed E-state index contributed by atoms with van der Waals surface area (Å²) in [6, 6.07) is 0. The van der Waals surface area contributed by atoms with Crippen LogP contribution in [0.5, 0.6) is 0 Å². The van der Waals surface area contributed by atoms with Gasteiger partial charge in [-0.2, -0.15) is 10.2 Å². The van der Waals surface area contributed by atoms with Crippen molar-refractivity contribution in [2.24, 2.45) is 16.1 Å². The van der Waals surface area contributed by atoms with E-state index in [0.717, 1.165) is 0 Å². The van der Waals surface area contributed by atoms with Crippen LogP contribution in [0.3, 0.4) is 0 Å². The third-order valence-corrected chi connectivity index (χ3v) is 0.446. The average Bonchev–Trinajstić information content (AvgIpc) is 1.61. The molecule has 0 atom stereocenters. The first-order valence-corrected chi connectivity index (χ1v) is 2.26. The van der Waals surface area contributed by atoms with Crippen LogP contribution in [0.4, 0.5) is 0 Å². The third-order valence-electron chi connectivity index (χ3n) is 0.446. The van der Waals surface area contributed by atoms with Crippen molar-refractivity contribution < 1.29 is 0 Å². The highest BCUT2D eigenvalue weighted by molar-refractivity contribution is 5.59. The molecule has 2 heteroatoms. The van der Waals surface area contributed by atoms with E-state index < -0.39 is 0 Å². The van der Waals surface area contributed by atoms with Crippen LogP contribution in [-0.4, -0.2) is 12.9 Å². The zero-order valence-corrected chi connectivity index (χ0v) is 4.76. The van der Waals surface area contributed by atoms with Crippen LogP contribution in [-0.2, 0) is 0 Å². The molecule has 0 aromatic heterocycles. The van der Waals surface area contributed by atoms with Crippen LogP contribution in [0, 0.1) is 5.92 Å². The van der Waals surface area contributed by atoms with Crippen LogP contribution in [0.15, 0.2) is 10.2 Å². The van der Waals surface area contributed by atoms with Crippen molar-refractivity contribution in [3.8, 4) is 0 Å². The Balaban J connectivity index is 3.25. The maximum Gasteiger partial charge on any atom is 0.0295 e. The van der Waals surface area contributed by atoms with Crippen LogP contribution in [0.2, 0.25) is 0 Å². The van der Waals surface area contributed by atoms with Gasteiger partial charge in [-0.1, -0.05) is 13.8 Å². The lowest BCUT2D eigenvalue weighted by Crippen LogP contribution is -1.84. The normalized spacial score (nSPS) is 10.7. The van der Waals surface area contributed by atoms with Gasteiger partial charge in [-0.3, -0.25) is 0 Å². The third kappa shape index (κ3) is 5.34. The fourth-order valence-electron chi connectivity index (χ4n) is 0.180. The SMILES string of the molecule is C=N/N=C\C(C)C. The fourth-order valence-corrected chi connectivity index (χ4v) is 0.180. The summed E-state index contributed by atoms with van der Waals surface area (Å²) in [4.78, 5) is 0. The van der Waals surface area contributed by atoms with E-state index in [4.69, 9.17) is 0 Å². The van der Waals surface area contributed by atoms with E-state index in [1.807, 2.05) is 13.8 Å². The van der Waals surface area contributed by atoms with Gasteiger partial charge in [0.1, 0.15) is 0 Å². The largest absolute Gasteiger partial charge is 0.167 e. The summed E-state index contributed by atoms with van der Waals surface area (Å²) in [6.45, 7) is 7.26. The molecule has 0 aliphatic carbocycles. The Kier molecular flexibility index (Phi) is 3.19. The average molecular weight is 98.1 g/mol. The van der Waals surface area contributed by atoms with Gasteiger partial charge < -0.3 is 0 Å². The van der Waals surface area contributed by atoms with E-state index in [2.05, 4.69) is 16.9 Å². The Morgan fingerprint density at radius 1 is 1.57 bits per heavy atom. The molecule has 0 spiro atoms. The van der Waals surface area contributed by atoms with E-state index in [9.17, 15) is 0 Å². The zero-order chi connectivity index (χ0) is 5.70. The van der Waals surface area contributed by atoms with Gasteiger partial charge in [0.25, 0.3) is 0 Å². The first kappa shape index (κ1) is 6.34. The summed E-state index contributed by atoms with van der Waals surface area (Å²) in [5.74, 6) is 0.477. The van der Waals surface area contributed by atoms with Gasteiger partial charge in [0.2, 0.25) is 0 Å². The highest BCUT2D eigenvalue weighted by Crippen LogP contribution is 1.83. The summed E-state index contributed by atoms with van der Waals surface area (Å²) in [7, 11) is 0. The summed E-state index contributed by atoms with van der Waals surface area (Å²) in [5.41, 5.74) is 0. The van der Waals surface area contributed by atoms with Crippen molar-refractivity contribution in [3.63, 3.8) is 0 Å².